The Kier molecular flexibility index (Phi) is 7.27. The summed E-state index contributed by atoms with van der Waals surface area (Å²) in [5.41, 5.74) is 1.69. The first kappa shape index (κ1) is 24.0. The number of nitrogens with zero attached hydrogens (tertiary/aromatic N) is 4. The molecule has 9 heteroatoms. The second-order valence-electron chi connectivity index (χ2n) is 9.01. The highest BCUT2D eigenvalue weighted by atomic mass is 19.1. The van der Waals surface area contributed by atoms with E-state index in [1.165, 1.54) is 23.0 Å². The van der Waals surface area contributed by atoms with Crippen molar-refractivity contribution in [1.82, 2.24) is 19.7 Å². The van der Waals surface area contributed by atoms with Gasteiger partial charge >= 0.3 is 0 Å². The minimum atomic E-state index is -0.654. The Morgan fingerprint density at radius 3 is 2.69 bits per heavy atom. The molecule has 1 fully saturated rings. The molecule has 0 amide bonds. The van der Waals surface area contributed by atoms with E-state index in [9.17, 15) is 13.6 Å². The summed E-state index contributed by atoms with van der Waals surface area (Å²) in [7, 11) is 0. The fraction of sp³-hybridized carbons (Fsp3) is 0.333. The van der Waals surface area contributed by atoms with Gasteiger partial charge in [0.05, 0.1) is 25.0 Å². The standard InChI is InChI=1S/C27H26F2N4O3/c28-21-12-22(29)14-23(13-21)33-7-4-26(34)25(32-33)11-19-2-1-3-20(10-19)27-30-15-24(16-31-27)36-17-18-5-8-35-9-6-18/h1-4,7,10,12-13,15-16,18,23H,5-6,8-9,11,14,17H2. The minimum Gasteiger partial charge on any atom is -0.490 e. The number of ether oxygens (including phenoxy) is 2. The SMILES string of the molecule is O=c1ccn(C2C=C(F)C=C(F)C2)nc1Cc1cccc(-c2ncc(OCC3CCOCC3)cn2)c1. The summed E-state index contributed by atoms with van der Waals surface area (Å²) >= 11 is 0. The van der Waals surface area contributed by atoms with Crippen molar-refractivity contribution in [3.8, 4) is 17.1 Å². The first-order chi connectivity index (χ1) is 17.5. The van der Waals surface area contributed by atoms with E-state index in [1.807, 2.05) is 24.3 Å². The third-order valence-corrected chi connectivity index (χ3v) is 6.30. The smallest absolute Gasteiger partial charge is 0.203 e. The molecular formula is C27H26F2N4O3. The molecule has 0 radical (unpaired) electrons. The van der Waals surface area contributed by atoms with Gasteiger partial charge in [0.2, 0.25) is 5.43 Å². The Balaban J connectivity index is 1.28. The number of halogens is 2. The average molecular weight is 493 g/mol. The van der Waals surface area contributed by atoms with Crippen molar-refractivity contribution < 1.29 is 18.3 Å². The highest BCUT2D eigenvalue weighted by Gasteiger charge is 2.19. The van der Waals surface area contributed by atoms with E-state index in [0.717, 1.165) is 43.3 Å². The Labute approximate surface area is 207 Å². The average Bonchev–Trinajstić information content (AvgIpc) is 2.89. The molecule has 1 atom stereocenters. The molecule has 3 aromatic rings. The number of rotatable bonds is 7. The topological polar surface area (TPSA) is 79.1 Å². The number of benzene rings is 1. The molecule has 0 N–H and O–H groups in total. The zero-order valence-electron chi connectivity index (χ0n) is 19.6. The van der Waals surface area contributed by atoms with Crippen molar-refractivity contribution in [1.29, 1.82) is 0 Å². The molecule has 7 nitrogen and oxygen atoms in total. The number of hydrogen-bond donors (Lipinski definition) is 0. The van der Waals surface area contributed by atoms with Crippen LogP contribution in [0.4, 0.5) is 8.78 Å². The first-order valence-corrected chi connectivity index (χ1v) is 12.0. The molecule has 1 saturated heterocycles. The number of hydrogen-bond acceptors (Lipinski definition) is 6. The summed E-state index contributed by atoms with van der Waals surface area (Å²) < 4.78 is 40.0. The molecule has 1 unspecified atom stereocenters. The summed E-state index contributed by atoms with van der Waals surface area (Å²) in [6.45, 7) is 2.17. The van der Waals surface area contributed by atoms with Crippen LogP contribution in [0.25, 0.3) is 11.4 Å². The van der Waals surface area contributed by atoms with Crippen molar-refractivity contribution in [2.75, 3.05) is 19.8 Å². The first-order valence-electron chi connectivity index (χ1n) is 12.0. The minimum absolute atomic E-state index is 0.00959. The van der Waals surface area contributed by atoms with Gasteiger partial charge in [-0.15, -0.1) is 0 Å². The van der Waals surface area contributed by atoms with Crippen LogP contribution in [0.15, 0.2) is 77.5 Å². The van der Waals surface area contributed by atoms with Gasteiger partial charge in [-0.05, 0) is 36.5 Å². The van der Waals surface area contributed by atoms with Crippen LogP contribution in [0.1, 0.15) is 36.6 Å². The second kappa shape index (κ2) is 10.9. The molecule has 0 saturated carbocycles. The highest BCUT2D eigenvalue weighted by molar-refractivity contribution is 5.56. The normalized spacial score (nSPS) is 18.4. The number of aromatic nitrogens is 4. The van der Waals surface area contributed by atoms with Crippen molar-refractivity contribution in [2.24, 2.45) is 5.92 Å². The summed E-state index contributed by atoms with van der Waals surface area (Å²) in [6, 6.07) is 8.29. The third kappa shape index (κ3) is 5.91. The van der Waals surface area contributed by atoms with Crippen LogP contribution < -0.4 is 10.2 Å². The Hall–Kier alpha value is -3.72. The van der Waals surface area contributed by atoms with Gasteiger partial charge < -0.3 is 9.47 Å². The van der Waals surface area contributed by atoms with E-state index in [2.05, 4.69) is 15.1 Å². The molecule has 1 aliphatic carbocycles. The summed E-state index contributed by atoms with van der Waals surface area (Å²) in [5, 5.41) is 4.38. The maximum Gasteiger partial charge on any atom is 0.203 e. The van der Waals surface area contributed by atoms with Gasteiger partial charge in [-0.2, -0.15) is 5.10 Å². The molecule has 2 aliphatic rings. The molecule has 1 aliphatic heterocycles. The van der Waals surface area contributed by atoms with Crippen LogP contribution in [-0.4, -0.2) is 39.6 Å². The molecule has 1 aromatic carbocycles. The maximum absolute atomic E-state index is 13.7. The molecule has 3 heterocycles. The van der Waals surface area contributed by atoms with Crippen molar-refractivity contribution in [3.63, 3.8) is 0 Å². The molecule has 186 valence electrons. The Morgan fingerprint density at radius 1 is 1.11 bits per heavy atom. The zero-order chi connectivity index (χ0) is 24.9. The van der Waals surface area contributed by atoms with E-state index in [-0.39, 0.29) is 24.0 Å². The molecule has 2 aromatic heterocycles. The maximum atomic E-state index is 13.7. The van der Waals surface area contributed by atoms with Gasteiger partial charge in [0.15, 0.2) is 11.6 Å². The molecular weight excluding hydrogens is 466 g/mol. The van der Waals surface area contributed by atoms with Gasteiger partial charge in [-0.25, -0.2) is 18.7 Å². The Morgan fingerprint density at radius 2 is 1.92 bits per heavy atom. The lowest BCUT2D eigenvalue weighted by Crippen LogP contribution is -2.21. The van der Waals surface area contributed by atoms with Crippen LogP contribution in [0.2, 0.25) is 0 Å². The van der Waals surface area contributed by atoms with Gasteiger partial charge in [0, 0.05) is 50.0 Å². The largest absolute Gasteiger partial charge is 0.490 e. The van der Waals surface area contributed by atoms with Gasteiger partial charge in [0.1, 0.15) is 17.3 Å². The van der Waals surface area contributed by atoms with E-state index >= 15 is 0 Å². The van der Waals surface area contributed by atoms with Crippen LogP contribution in [0.3, 0.4) is 0 Å². The van der Waals surface area contributed by atoms with Gasteiger partial charge in [0.25, 0.3) is 0 Å². The lowest BCUT2D eigenvalue weighted by Gasteiger charge is -2.21. The Bertz CT molecular complexity index is 1330. The second-order valence-corrected chi connectivity index (χ2v) is 9.01. The quantitative estimate of drug-likeness (QED) is 0.474. The molecule has 0 spiro atoms. The molecule has 36 heavy (non-hydrogen) atoms. The van der Waals surface area contributed by atoms with Crippen molar-refractivity contribution in [2.45, 2.75) is 31.7 Å². The van der Waals surface area contributed by atoms with E-state index in [0.29, 0.717) is 24.1 Å². The van der Waals surface area contributed by atoms with Crippen molar-refractivity contribution >= 4 is 0 Å². The van der Waals surface area contributed by atoms with Crippen molar-refractivity contribution in [3.05, 3.63) is 94.2 Å². The summed E-state index contributed by atoms with van der Waals surface area (Å²) in [5.74, 6) is 0.428. The fourth-order valence-corrected chi connectivity index (χ4v) is 4.32. The van der Waals surface area contributed by atoms with E-state index in [4.69, 9.17) is 9.47 Å². The lowest BCUT2D eigenvalue weighted by molar-refractivity contribution is 0.0496. The predicted octanol–water partition coefficient (Wildman–Crippen LogP) is 4.75. The monoisotopic (exact) mass is 492 g/mol. The van der Waals surface area contributed by atoms with Crippen LogP contribution in [0.5, 0.6) is 5.75 Å². The fourth-order valence-electron chi connectivity index (χ4n) is 4.32. The third-order valence-electron chi connectivity index (χ3n) is 6.30. The van der Waals surface area contributed by atoms with Crippen LogP contribution in [0, 0.1) is 5.92 Å². The molecule has 5 rings (SSSR count). The zero-order valence-corrected chi connectivity index (χ0v) is 19.6. The summed E-state index contributed by atoms with van der Waals surface area (Å²) in [6.07, 6.45) is 9.17. The van der Waals surface area contributed by atoms with E-state index in [1.54, 1.807) is 12.4 Å². The lowest BCUT2D eigenvalue weighted by atomic mass is 10.0. The van der Waals surface area contributed by atoms with Crippen LogP contribution >= 0.6 is 0 Å². The van der Waals surface area contributed by atoms with E-state index < -0.39 is 17.7 Å². The highest BCUT2D eigenvalue weighted by Crippen LogP contribution is 2.27. The number of allylic oxidation sites excluding steroid dienone is 4. The predicted molar refractivity (Wildman–Crippen MR) is 130 cm³/mol. The van der Waals surface area contributed by atoms with Crippen LogP contribution in [-0.2, 0) is 11.2 Å². The van der Waals surface area contributed by atoms with Gasteiger partial charge in [-0.3, -0.25) is 9.48 Å². The molecule has 0 bridgehead atoms. The summed E-state index contributed by atoms with van der Waals surface area (Å²) in [4.78, 5) is 21.3. The van der Waals surface area contributed by atoms with Gasteiger partial charge in [-0.1, -0.05) is 18.2 Å².